The molecule has 4 rings (SSSR count). The van der Waals surface area contributed by atoms with Gasteiger partial charge in [0, 0.05) is 23.2 Å². The number of alkyl halides is 3. The van der Waals surface area contributed by atoms with Gasteiger partial charge in [0.05, 0.1) is 31.1 Å². The SMILES string of the molecule is COc1cc(C(=O)NCC(O)(c2cc3c(c(-c4ccc(F)cc4)n2)OC[C@]3(C)C(N)=O)C(F)(F)F)ccc1NC[C@@H](C)O. The minimum Gasteiger partial charge on any atom is -0.495 e. The van der Waals surface area contributed by atoms with E-state index >= 15 is 0 Å². The molecule has 1 aliphatic rings. The van der Waals surface area contributed by atoms with Gasteiger partial charge in [-0.1, -0.05) is 0 Å². The summed E-state index contributed by atoms with van der Waals surface area (Å²) >= 11 is 0. The molecule has 1 aromatic heterocycles. The van der Waals surface area contributed by atoms with Crippen molar-refractivity contribution in [3.8, 4) is 22.8 Å². The topological polar surface area (TPSA) is 156 Å². The van der Waals surface area contributed by atoms with Gasteiger partial charge in [-0.3, -0.25) is 9.59 Å². The lowest BCUT2D eigenvalue weighted by Gasteiger charge is -2.31. The van der Waals surface area contributed by atoms with E-state index < -0.39 is 53.2 Å². The van der Waals surface area contributed by atoms with Crippen molar-refractivity contribution in [3.05, 3.63) is 71.2 Å². The van der Waals surface area contributed by atoms with E-state index in [0.717, 1.165) is 18.2 Å². The molecule has 2 heterocycles. The average molecular weight is 607 g/mol. The number of amides is 2. The van der Waals surface area contributed by atoms with Gasteiger partial charge < -0.3 is 36.1 Å². The third kappa shape index (κ3) is 6.06. The monoisotopic (exact) mass is 606 g/mol. The largest absolute Gasteiger partial charge is 0.495 e. The maximum absolute atomic E-state index is 14.6. The van der Waals surface area contributed by atoms with Crippen LogP contribution < -0.4 is 25.8 Å². The molecule has 2 amide bonds. The first-order valence-electron chi connectivity index (χ1n) is 13.0. The van der Waals surface area contributed by atoms with Crippen LogP contribution in [0.1, 0.15) is 35.5 Å². The molecule has 0 fully saturated rings. The molecular weight excluding hydrogens is 576 g/mol. The van der Waals surface area contributed by atoms with Crippen LogP contribution in [-0.4, -0.2) is 66.1 Å². The summed E-state index contributed by atoms with van der Waals surface area (Å²) in [6.07, 6.45) is -6.05. The van der Waals surface area contributed by atoms with E-state index in [9.17, 15) is 37.4 Å². The number of benzene rings is 2. The Labute approximate surface area is 243 Å². The average Bonchev–Trinajstić information content (AvgIpc) is 3.31. The Balaban J connectivity index is 1.74. The number of aromatic nitrogens is 1. The number of aliphatic hydroxyl groups excluding tert-OH is 1. The maximum atomic E-state index is 14.6. The number of halogens is 4. The number of hydrogen-bond donors (Lipinski definition) is 5. The lowest BCUT2D eigenvalue weighted by atomic mass is 9.81. The van der Waals surface area contributed by atoms with E-state index in [2.05, 4.69) is 15.6 Å². The van der Waals surface area contributed by atoms with Crippen LogP contribution >= 0.6 is 0 Å². The molecule has 3 atom stereocenters. The number of rotatable bonds is 10. The Hall–Kier alpha value is -4.43. The van der Waals surface area contributed by atoms with Gasteiger partial charge in [0.2, 0.25) is 11.5 Å². The zero-order valence-electron chi connectivity index (χ0n) is 23.4. The summed E-state index contributed by atoms with van der Waals surface area (Å²) < 4.78 is 68.3. The zero-order chi connectivity index (χ0) is 31.7. The Morgan fingerprint density at radius 2 is 1.86 bits per heavy atom. The number of aliphatic hydroxyl groups is 2. The van der Waals surface area contributed by atoms with Crippen LogP contribution in [0.3, 0.4) is 0 Å². The van der Waals surface area contributed by atoms with E-state index in [1.165, 1.54) is 44.4 Å². The predicted octanol–water partition coefficient (Wildman–Crippen LogP) is 3.00. The number of methoxy groups -OCH3 is 1. The van der Waals surface area contributed by atoms with Crippen molar-refractivity contribution in [2.24, 2.45) is 5.73 Å². The van der Waals surface area contributed by atoms with Gasteiger partial charge in [-0.2, -0.15) is 13.2 Å². The molecular formula is C29H30F4N4O6. The maximum Gasteiger partial charge on any atom is 0.424 e. The second-order valence-electron chi connectivity index (χ2n) is 10.4. The normalized spacial score (nSPS) is 18.2. The van der Waals surface area contributed by atoms with Crippen molar-refractivity contribution in [1.82, 2.24) is 10.3 Å². The van der Waals surface area contributed by atoms with Gasteiger partial charge in [0.15, 0.2) is 0 Å². The Morgan fingerprint density at radius 1 is 1.19 bits per heavy atom. The van der Waals surface area contributed by atoms with E-state index in [1.807, 2.05) is 0 Å². The van der Waals surface area contributed by atoms with Crippen LogP contribution in [-0.2, 0) is 15.8 Å². The van der Waals surface area contributed by atoms with Gasteiger partial charge in [0.25, 0.3) is 5.91 Å². The lowest BCUT2D eigenvalue weighted by molar-refractivity contribution is -0.265. The minimum absolute atomic E-state index is 0.0402. The minimum atomic E-state index is -5.36. The number of ether oxygens (including phenoxy) is 2. The number of primary amides is 1. The molecule has 1 aliphatic heterocycles. The summed E-state index contributed by atoms with van der Waals surface area (Å²) in [5.41, 5.74) is -0.405. The summed E-state index contributed by atoms with van der Waals surface area (Å²) in [6.45, 7) is 1.45. The molecule has 0 radical (unpaired) electrons. The molecule has 1 unspecified atom stereocenters. The number of hydrogen-bond acceptors (Lipinski definition) is 8. The van der Waals surface area contributed by atoms with E-state index in [-0.39, 0.29) is 47.0 Å². The number of nitrogens with zero attached hydrogens (tertiary/aromatic N) is 1. The summed E-state index contributed by atoms with van der Waals surface area (Å²) in [6, 6.07) is 9.58. The highest BCUT2D eigenvalue weighted by atomic mass is 19.4. The van der Waals surface area contributed by atoms with Crippen LogP contribution in [0.5, 0.6) is 11.5 Å². The van der Waals surface area contributed by atoms with Crippen molar-refractivity contribution < 1.29 is 46.8 Å². The number of nitrogens with one attached hydrogen (secondary N) is 2. The van der Waals surface area contributed by atoms with Crippen LogP contribution in [0.4, 0.5) is 23.2 Å². The number of pyridine rings is 1. The fourth-order valence-corrected chi connectivity index (χ4v) is 4.49. The Kier molecular flexibility index (Phi) is 8.56. The van der Waals surface area contributed by atoms with Crippen LogP contribution in [0.15, 0.2) is 48.5 Å². The van der Waals surface area contributed by atoms with Crippen molar-refractivity contribution in [3.63, 3.8) is 0 Å². The molecule has 0 aliphatic carbocycles. The van der Waals surface area contributed by atoms with E-state index in [1.54, 1.807) is 6.92 Å². The molecule has 43 heavy (non-hydrogen) atoms. The number of carbonyl (C=O) groups is 2. The zero-order valence-corrected chi connectivity index (χ0v) is 23.4. The first-order chi connectivity index (χ1) is 20.1. The molecule has 2 aromatic carbocycles. The van der Waals surface area contributed by atoms with E-state index in [4.69, 9.17) is 15.2 Å². The van der Waals surface area contributed by atoms with Crippen LogP contribution in [0, 0.1) is 5.82 Å². The van der Waals surface area contributed by atoms with Gasteiger partial charge in [-0.15, -0.1) is 0 Å². The highest BCUT2D eigenvalue weighted by Gasteiger charge is 2.57. The molecule has 0 bridgehead atoms. The van der Waals surface area contributed by atoms with Gasteiger partial charge in [-0.05, 0) is 62.4 Å². The predicted molar refractivity (Wildman–Crippen MR) is 147 cm³/mol. The first kappa shape index (κ1) is 31.5. The first-order valence-corrected chi connectivity index (χ1v) is 13.0. The Morgan fingerprint density at radius 3 is 2.44 bits per heavy atom. The Bertz CT molecular complexity index is 1530. The highest BCUT2D eigenvalue weighted by molar-refractivity contribution is 5.95. The number of carbonyl (C=O) groups excluding carboxylic acids is 2. The third-order valence-electron chi connectivity index (χ3n) is 7.18. The summed E-state index contributed by atoms with van der Waals surface area (Å²) in [5.74, 6) is -2.32. The molecule has 0 spiro atoms. The standard InChI is InChI=1S/C29H30F4N4O6/c1-15(38)12-35-20-9-6-17(10-21(20)42-3)25(39)36-13-28(41,29(31,32)33)22-11-19-24(43-14-27(19,2)26(34)40)23(37-22)16-4-7-18(30)8-5-16/h4-11,15,35,38,41H,12-14H2,1-3H3,(H2,34,40)(H,36,39)/t15-,27+,28?/m1/s1. The van der Waals surface area contributed by atoms with Gasteiger partial charge in [-0.25, -0.2) is 9.37 Å². The van der Waals surface area contributed by atoms with E-state index in [0.29, 0.717) is 5.69 Å². The van der Waals surface area contributed by atoms with Crippen molar-refractivity contribution in [2.75, 3.05) is 32.1 Å². The molecule has 0 saturated carbocycles. The smallest absolute Gasteiger partial charge is 0.424 e. The third-order valence-corrected chi connectivity index (χ3v) is 7.18. The fraction of sp³-hybridized carbons (Fsp3) is 0.345. The van der Waals surface area contributed by atoms with Crippen LogP contribution in [0.2, 0.25) is 0 Å². The second kappa shape index (κ2) is 11.7. The molecule has 10 nitrogen and oxygen atoms in total. The molecule has 3 aromatic rings. The second-order valence-corrected chi connectivity index (χ2v) is 10.4. The fourth-order valence-electron chi connectivity index (χ4n) is 4.49. The molecule has 0 saturated heterocycles. The number of fused-ring (bicyclic) bond motifs is 1. The molecule has 6 N–H and O–H groups in total. The summed E-state index contributed by atoms with van der Waals surface area (Å²) in [7, 11) is 1.33. The van der Waals surface area contributed by atoms with Crippen LogP contribution in [0.25, 0.3) is 11.3 Å². The lowest BCUT2D eigenvalue weighted by Crippen LogP contribution is -2.51. The van der Waals surface area contributed by atoms with Gasteiger partial charge >= 0.3 is 6.18 Å². The summed E-state index contributed by atoms with van der Waals surface area (Å²) in [5, 5.41) is 25.7. The highest BCUT2D eigenvalue weighted by Crippen LogP contribution is 2.47. The van der Waals surface area contributed by atoms with Crippen molar-refractivity contribution in [2.45, 2.75) is 37.1 Å². The molecule has 14 heteroatoms. The number of nitrogens with two attached hydrogens (primary N) is 1. The molecule has 230 valence electrons. The quantitative estimate of drug-likeness (QED) is 0.221. The number of anilines is 1. The van der Waals surface area contributed by atoms with Crippen molar-refractivity contribution in [1.29, 1.82) is 0 Å². The van der Waals surface area contributed by atoms with Crippen molar-refractivity contribution >= 4 is 17.5 Å². The van der Waals surface area contributed by atoms with Gasteiger partial charge in [0.1, 0.15) is 35.0 Å². The summed E-state index contributed by atoms with van der Waals surface area (Å²) in [4.78, 5) is 29.4.